The number of nitrogens with zero attached hydrogens (tertiary/aromatic N) is 5. The number of aromatic nitrogens is 3. The van der Waals surface area contributed by atoms with E-state index in [1.54, 1.807) is 12.4 Å². The quantitative estimate of drug-likeness (QED) is 0.720. The van der Waals surface area contributed by atoms with Gasteiger partial charge in [-0.3, -0.25) is 9.78 Å². The van der Waals surface area contributed by atoms with Gasteiger partial charge in [0, 0.05) is 45.0 Å². The van der Waals surface area contributed by atoms with E-state index in [1.807, 2.05) is 65.0 Å². The van der Waals surface area contributed by atoms with Crippen molar-refractivity contribution < 1.29 is 9.53 Å². The highest BCUT2D eigenvalue weighted by atomic mass is 16.5. The molecule has 0 unspecified atom stereocenters. The molecule has 1 atom stereocenters. The number of ether oxygens (including phenoxy) is 1. The maximum absolute atomic E-state index is 12.8. The zero-order valence-corrected chi connectivity index (χ0v) is 14.9. The van der Waals surface area contributed by atoms with E-state index in [-0.39, 0.29) is 12.0 Å². The molecule has 0 saturated carbocycles. The monoisotopic (exact) mass is 351 g/mol. The third kappa shape index (κ3) is 3.20. The van der Waals surface area contributed by atoms with Gasteiger partial charge in [-0.25, -0.2) is 0 Å². The Hall–Kier alpha value is -3.09. The summed E-state index contributed by atoms with van der Waals surface area (Å²) in [7, 11) is 3.82. The van der Waals surface area contributed by atoms with Gasteiger partial charge in [0.2, 0.25) is 5.88 Å². The maximum atomic E-state index is 12.8. The average Bonchev–Trinajstić information content (AvgIpc) is 3.28. The molecule has 1 aliphatic rings. The normalized spacial score (nSPS) is 16.8. The number of carbonyl (C=O) groups excluding carboxylic acids is 1. The molecule has 0 N–H and O–H groups in total. The van der Waals surface area contributed by atoms with Crippen LogP contribution in [0, 0.1) is 0 Å². The van der Waals surface area contributed by atoms with Crippen LogP contribution in [-0.2, 0) is 0 Å². The second kappa shape index (κ2) is 6.67. The highest BCUT2D eigenvalue weighted by Gasteiger charge is 2.29. The van der Waals surface area contributed by atoms with Crippen molar-refractivity contribution in [3.05, 3.63) is 54.6 Å². The Morgan fingerprint density at radius 3 is 3.00 bits per heavy atom. The summed E-state index contributed by atoms with van der Waals surface area (Å²) in [5, 5.41) is 0. The fourth-order valence-corrected chi connectivity index (χ4v) is 3.15. The van der Waals surface area contributed by atoms with Crippen LogP contribution < -0.4 is 9.64 Å². The third-order valence-electron chi connectivity index (χ3n) is 4.53. The molecule has 4 heterocycles. The standard InChI is InChI=1S/C19H21N5O2/c1-22(2)17-10-20-11-18(21-17)26-16-6-8-24(13-16)19(25)14-9-15-5-3-4-7-23(15)12-14/h3-5,7,9-12,16H,6,8,13H2,1-2H3/t16-/m0/s1. The summed E-state index contributed by atoms with van der Waals surface area (Å²) < 4.78 is 7.90. The van der Waals surface area contributed by atoms with Gasteiger partial charge < -0.3 is 18.9 Å². The first kappa shape index (κ1) is 16.4. The van der Waals surface area contributed by atoms with E-state index in [9.17, 15) is 4.79 Å². The summed E-state index contributed by atoms with van der Waals surface area (Å²) in [6.07, 6.45) is 7.83. The molecule has 1 saturated heterocycles. The smallest absolute Gasteiger partial charge is 0.255 e. The highest BCUT2D eigenvalue weighted by Crippen LogP contribution is 2.20. The Kier molecular flexibility index (Phi) is 4.20. The topological polar surface area (TPSA) is 63.0 Å². The molecule has 134 valence electrons. The van der Waals surface area contributed by atoms with Crippen LogP contribution in [0.3, 0.4) is 0 Å². The Balaban J connectivity index is 1.43. The fraction of sp³-hybridized carbons (Fsp3) is 0.316. The molecule has 3 aromatic heterocycles. The van der Waals surface area contributed by atoms with Crippen molar-refractivity contribution in [3.8, 4) is 5.88 Å². The largest absolute Gasteiger partial charge is 0.471 e. The van der Waals surface area contributed by atoms with Gasteiger partial charge in [-0.05, 0) is 18.2 Å². The van der Waals surface area contributed by atoms with Crippen LogP contribution in [0.5, 0.6) is 5.88 Å². The van der Waals surface area contributed by atoms with Crippen molar-refractivity contribution >= 4 is 17.2 Å². The Morgan fingerprint density at radius 2 is 2.19 bits per heavy atom. The van der Waals surface area contributed by atoms with Crippen LogP contribution in [0.4, 0.5) is 5.82 Å². The number of rotatable bonds is 4. The summed E-state index contributed by atoms with van der Waals surface area (Å²) in [5.74, 6) is 1.27. The van der Waals surface area contributed by atoms with E-state index in [0.29, 0.717) is 24.5 Å². The number of anilines is 1. The van der Waals surface area contributed by atoms with E-state index in [4.69, 9.17) is 4.74 Å². The summed E-state index contributed by atoms with van der Waals surface area (Å²) in [6, 6.07) is 7.82. The molecule has 1 fully saturated rings. The number of fused-ring (bicyclic) bond motifs is 1. The first-order chi connectivity index (χ1) is 12.6. The molecular weight excluding hydrogens is 330 g/mol. The van der Waals surface area contributed by atoms with Crippen LogP contribution in [0.1, 0.15) is 16.8 Å². The molecular formula is C19H21N5O2. The molecule has 26 heavy (non-hydrogen) atoms. The van der Waals surface area contributed by atoms with Gasteiger partial charge in [-0.2, -0.15) is 4.98 Å². The summed E-state index contributed by atoms with van der Waals surface area (Å²) in [4.78, 5) is 25.1. The van der Waals surface area contributed by atoms with Gasteiger partial charge in [-0.1, -0.05) is 6.07 Å². The van der Waals surface area contributed by atoms with Gasteiger partial charge >= 0.3 is 0 Å². The lowest BCUT2D eigenvalue weighted by atomic mass is 10.3. The summed E-state index contributed by atoms with van der Waals surface area (Å²) in [5.41, 5.74) is 1.71. The zero-order valence-electron chi connectivity index (χ0n) is 14.9. The minimum atomic E-state index is -0.0670. The van der Waals surface area contributed by atoms with Crippen LogP contribution in [0.15, 0.2) is 49.1 Å². The van der Waals surface area contributed by atoms with Gasteiger partial charge in [-0.15, -0.1) is 0 Å². The Morgan fingerprint density at radius 1 is 1.31 bits per heavy atom. The number of hydrogen-bond donors (Lipinski definition) is 0. The first-order valence-electron chi connectivity index (χ1n) is 8.62. The molecule has 0 spiro atoms. The van der Waals surface area contributed by atoms with Crippen molar-refractivity contribution in [2.75, 3.05) is 32.1 Å². The molecule has 4 rings (SSSR count). The lowest BCUT2D eigenvalue weighted by Gasteiger charge is -2.17. The molecule has 0 aliphatic carbocycles. The van der Waals surface area contributed by atoms with Crippen LogP contribution in [0.2, 0.25) is 0 Å². The second-order valence-corrected chi connectivity index (χ2v) is 6.65. The third-order valence-corrected chi connectivity index (χ3v) is 4.53. The molecule has 1 aliphatic heterocycles. The van der Waals surface area contributed by atoms with Crippen LogP contribution in [-0.4, -0.2) is 58.5 Å². The van der Waals surface area contributed by atoms with E-state index < -0.39 is 0 Å². The lowest BCUT2D eigenvalue weighted by molar-refractivity contribution is 0.0771. The Bertz CT molecular complexity index is 903. The van der Waals surface area contributed by atoms with E-state index in [1.165, 1.54) is 0 Å². The maximum Gasteiger partial charge on any atom is 0.255 e. The molecule has 7 heteroatoms. The summed E-state index contributed by atoms with van der Waals surface area (Å²) in [6.45, 7) is 1.23. The van der Waals surface area contributed by atoms with Crippen molar-refractivity contribution in [2.24, 2.45) is 0 Å². The SMILES string of the molecule is CN(C)c1cncc(O[C@H]2CCN(C(=O)c3cc4ccccn4c3)C2)n1. The van der Waals surface area contributed by atoms with Gasteiger partial charge in [0.15, 0.2) is 5.82 Å². The van der Waals surface area contributed by atoms with Crippen molar-refractivity contribution in [1.82, 2.24) is 19.3 Å². The fourth-order valence-electron chi connectivity index (χ4n) is 3.15. The number of amides is 1. The first-order valence-corrected chi connectivity index (χ1v) is 8.62. The highest BCUT2D eigenvalue weighted by molar-refractivity contribution is 5.95. The van der Waals surface area contributed by atoms with Gasteiger partial charge in [0.1, 0.15) is 6.10 Å². The number of hydrogen-bond acceptors (Lipinski definition) is 5. The van der Waals surface area contributed by atoms with Gasteiger partial charge in [0.05, 0.1) is 24.5 Å². The van der Waals surface area contributed by atoms with Crippen molar-refractivity contribution in [3.63, 3.8) is 0 Å². The minimum absolute atomic E-state index is 0.0351. The lowest BCUT2D eigenvalue weighted by Crippen LogP contribution is -2.30. The Labute approximate surface area is 151 Å². The summed E-state index contributed by atoms with van der Waals surface area (Å²) >= 11 is 0. The molecule has 3 aromatic rings. The van der Waals surface area contributed by atoms with E-state index in [0.717, 1.165) is 17.8 Å². The second-order valence-electron chi connectivity index (χ2n) is 6.65. The molecule has 0 aromatic carbocycles. The van der Waals surface area contributed by atoms with Crippen molar-refractivity contribution in [1.29, 1.82) is 0 Å². The van der Waals surface area contributed by atoms with Crippen LogP contribution in [0.25, 0.3) is 5.52 Å². The molecule has 7 nitrogen and oxygen atoms in total. The molecule has 0 radical (unpaired) electrons. The number of carbonyl (C=O) groups is 1. The average molecular weight is 351 g/mol. The number of pyridine rings is 1. The predicted molar refractivity (Wildman–Crippen MR) is 98.7 cm³/mol. The van der Waals surface area contributed by atoms with E-state index >= 15 is 0 Å². The van der Waals surface area contributed by atoms with Crippen LogP contribution >= 0.6 is 0 Å². The zero-order chi connectivity index (χ0) is 18.1. The van der Waals surface area contributed by atoms with Gasteiger partial charge in [0.25, 0.3) is 5.91 Å². The molecule has 1 amide bonds. The van der Waals surface area contributed by atoms with Crippen molar-refractivity contribution in [2.45, 2.75) is 12.5 Å². The minimum Gasteiger partial charge on any atom is -0.471 e. The predicted octanol–water partition coefficient (Wildman–Crippen LogP) is 2.09. The van der Waals surface area contributed by atoms with E-state index in [2.05, 4.69) is 9.97 Å². The number of likely N-dealkylation sites (tertiary alicyclic amines) is 1. The molecule has 0 bridgehead atoms.